The van der Waals surface area contributed by atoms with Gasteiger partial charge in [-0.1, -0.05) is 11.6 Å². The number of nitrogens with zero attached hydrogens (tertiary/aromatic N) is 2. The zero-order chi connectivity index (χ0) is 19.4. The molecule has 3 rings (SSSR count). The van der Waals surface area contributed by atoms with Crippen LogP contribution in [0.5, 0.6) is 0 Å². The van der Waals surface area contributed by atoms with Gasteiger partial charge in [-0.3, -0.25) is 9.69 Å². The lowest BCUT2D eigenvalue weighted by molar-refractivity contribution is -0.182. The van der Waals surface area contributed by atoms with Gasteiger partial charge in [0.2, 0.25) is 5.91 Å². The van der Waals surface area contributed by atoms with Gasteiger partial charge in [-0.25, -0.2) is 0 Å². The Kier molecular flexibility index (Phi) is 6.52. The van der Waals surface area contributed by atoms with Gasteiger partial charge < -0.3 is 10.2 Å². The summed E-state index contributed by atoms with van der Waals surface area (Å²) in [7, 11) is 0. The third-order valence-corrected chi connectivity index (χ3v) is 5.74. The molecule has 1 saturated heterocycles. The largest absolute Gasteiger partial charge is 0.391 e. The Labute approximate surface area is 162 Å². The Morgan fingerprint density at radius 2 is 1.63 bits per heavy atom. The van der Waals surface area contributed by atoms with Crippen molar-refractivity contribution < 1.29 is 18.0 Å². The van der Waals surface area contributed by atoms with E-state index in [2.05, 4.69) is 15.1 Å². The van der Waals surface area contributed by atoms with E-state index in [9.17, 15) is 18.0 Å². The molecule has 1 aliphatic heterocycles. The SMILES string of the molecule is O=C(CN1CCN(c2ccc(Cl)cc2)CC1)NC1CCC(C(F)(F)F)CC1. The smallest absolute Gasteiger partial charge is 0.369 e. The van der Waals surface area contributed by atoms with Gasteiger partial charge in [0, 0.05) is 42.9 Å². The van der Waals surface area contributed by atoms with E-state index in [1.54, 1.807) is 0 Å². The Morgan fingerprint density at radius 3 is 2.19 bits per heavy atom. The van der Waals surface area contributed by atoms with E-state index >= 15 is 0 Å². The molecule has 0 aromatic heterocycles. The maximum Gasteiger partial charge on any atom is 0.391 e. The molecule has 0 unspecified atom stereocenters. The normalized spacial score (nSPS) is 24.7. The van der Waals surface area contributed by atoms with Crippen molar-refractivity contribution in [2.24, 2.45) is 5.92 Å². The van der Waals surface area contributed by atoms with Crippen LogP contribution in [0, 0.1) is 5.92 Å². The van der Waals surface area contributed by atoms with Crippen LogP contribution >= 0.6 is 11.6 Å². The van der Waals surface area contributed by atoms with E-state index in [1.807, 2.05) is 24.3 Å². The molecule has 1 aliphatic carbocycles. The summed E-state index contributed by atoms with van der Waals surface area (Å²) in [5, 5.41) is 3.62. The maximum absolute atomic E-state index is 12.7. The van der Waals surface area contributed by atoms with Crippen molar-refractivity contribution in [3.05, 3.63) is 29.3 Å². The number of piperazine rings is 1. The number of amides is 1. The van der Waals surface area contributed by atoms with Gasteiger partial charge in [-0.05, 0) is 49.9 Å². The lowest BCUT2D eigenvalue weighted by Crippen LogP contribution is -2.51. The number of carbonyl (C=O) groups excluding carboxylic acids is 1. The van der Waals surface area contributed by atoms with Crippen molar-refractivity contribution in [2.45, 2.75) is 37.9 Å². The number of hydrogen-bond donors (Lipinski definition) is 1. The molecule has 1 aromatic rings. The molecule has 27 heavy (non-hydrogen) atoms. The highest BCUT2D eigenvalue weighted by Crippen LogP contribution is 2.37. The first-order valence-corrected chi connectivity index (χ1v) is 9.78. The van der Waals surface area contributed by atoms with Crippen LogP contribution in [-0.2, 0) is 4.79 Å². The second-order valence-corrected chi connectivity index (χ2v) is 7.83. The number of alkyl halides is 3. The Morgan fingerprint density at radius 1 is 1.04 bits per heavy atom. The molecular weight excluding hydrogens is 379 g/mol. The van der Waals surface area contributed by atoms with Gasteiger partial charge >= 0.3 is 6.18 Å². The van der Waals surface area contributed by atoms with Crippen LogP contribution in [-0.4, -0.2) is 55.7 Å². The molecule has 0 atom stereocenters. The molecule has 150 valence electrons. The predicted octanol–water partition coefficient (Wildman–Crippen LogP) is 3.70. The summed E-state index contributed by atoms with van der Waals surface area (Å²) in [5.74, 6) is -1.31. The molecule has 1 aromatic carbocycles. The lowest BCUT2D eigenvalue weighted by Gasteiger charge is -2.36. The average Bonchev–Trinajstić information content (AvgIpc) is 2.63. The summed E-state index contributed by atoms with van der Waals surface area (Å²) >= 11 is 5.91. The standard InChI is InChI=1S/C19H25ClF3N3O/c20-15-3-7-17(8-4-15)26-11-9-25(10-12-26)13-18(27)24-16-5-1-14(2-6-16)19(21,22)23/h3-4,7-8,14,16H,1-2,5-6,9-13H2,(H,24,27). The molecule has 2 fully saturated rings. The third-order valence-electron chi connectivity index (χ3n) is 5.49. The molecule has 1 amide bonds. The first-order valence-electron chi connectivity index (χ1n) is 9.40. The zero-order valence-corrected chi connectivity index (χ0v) is 15.9. The summed E-state index contributed by atoms with van der Waals surface area (Å²) in [6, 6.07) is 7.57. The molecule has 2 aliphatic rings. The van der Waals surface area contributed by atoms with Gasteiger partial charge in [0.25, 0.3) is 0 Å². The molecule has 0 radical (unpaired) electrons. The molecule has 1 heterocycles. The molecular formula is C19H25ClF3N3O. The minimum atomic E-state index is -4.11. The molecule has 8 heteroatoms. The van der Waals surface area contributed by atoms with Crippen LogP contribution in [0.25, 0.3) is 0 Å². The van der Waals surface area contributed by atoms with Crippen LogP contribution in [0.15, 0.2) is 24.3 Å². The van der Waals surface area contributed by atoms with Crippen molar-refractivity contribution >= 4 is 23.2 Å². The van der Waals surface area contributed by atoms with Crippen LogP contribution in [0.2, 0.25) is 5.02 Å². The fourth-order valence-corrected chi connectivity index (χ4v) is 3.98. The van der Waals surface area contributed by atoms with Crippen LogP contribution < -0.4 is 10.2 Å². The molecule has 0 spiro atoms. The van der Waals surface area contributed by atoms with E-state index in [-0.39, 0.29) is 24.8 Å². The van der Waals surface area contributed by atoms with Crippen molar-refractivity contribution in [3.8, 4) is 0 Å². The van der Waals surface area contributed by atoms with Crippen molar-refractivity contribution in [2.75, 3.05) is 37.6 Å². The van der Waals surface area contributed by atoms with Gasteiger partial charge in [-0.15, -0.1) is 0 Å². The number of hydrogen-bond acceptors (Lipinski definition) is 3. The summed E-state index contributed by atoms with van der Waals surface area (Å²) in [6.45, 7) is 3.50. The highest BCUT2D eigenvalue weighted by atomic mass is 35.5. The highest BCUT2D eigenvalue weighted by Gasteiger charge is 2.41. The minimum Gasteiger partial charge on any atom is -0.369 e. The Bertz CT molecular complexity index is 622. The lowest BCUT2D eigenvalue weighted by atomic mass is 9.85. The maximum atomic E-state index is 12.7. The van der Waals surface area contributed by atoms with Gasteiger partial charge in [0.05, 0.1) is 12.5 Å². The van der Waals surface area contributed by atoms with Crippen LogP contribution in [0.3, 0.4) is 0 Å². The number of halogens is 4. The quantitative estimate of drug-likeness (QED) is 0.832. The number of nitrogens with one attached hydrogen (secondary N) is 1. The number of carbonyl (C=O) groups is 1. The summed E-state index contributed by atoms with van der Waals surface area (Å²) < 4.78 is 38.1. The average molecular weight is 404 g/mol. The second-order valence-electron chi connectivity index (χ2n) is 7.40. The summed E-state index contributed by atoms with van der Waals surface area (Å²) in [6.07, 6.45) is -3.10. The monoisotopic (exact) mass is 403 g/mol. The number of rotatable bonds is 4. The minimum absolute atomic E-state index is 0.0922. The molecule has 1 saturated carbocycles. The van der Waals surface area contributed by atoms with E-state index in [1.165, 1.54) is 0 Å². The Balaban J connectivity index is 1.38. The van der Waals surface area contributed by atoms with Crippen molar-refractivity contribution in [3.63, 3.8) is 0 Å². The van der Waals surface area contributed by atoms with Crippen LogP contribution in [0.1, 0.15) is 25.7 Å². The van der Waals surface area contributed by atoms with Crippen molar-refractivity contribution in [1.82, 2.24) is 10.2 Å². The third kappa shape index (κ3) is 5.75. The summed E-state index contributed by atoms with van der Waals surface area (Å²) in [4.78, 5) is 16.6. The van der Waals surface area contributed by atoms with Gasteiger partial charge in [-0.2, -0.15) is 13.2 Å². The van der Waals surface area contributed by atoms with Gasteiger partial charge in [0.1, 0.15) is 0 Å². The van der Waals surface area contributed by atoms with Crippen molar-refractivity contribution in [1.29, 1.82) is 0 Å². The van der Waals surface area contributed by atoms with Crippen LogP contribution in [0.4, 0.5) is 18.9 Å². The van der Waals surface area contributed by atoms with E-state index in [4.69, 9.17) is 11.6 Å². The highest BCUT2D eigenvalue weighted by molar-refractivity contribution is 6.30. The molecule has 0 bridgehead atoms. The van der Waals surface area contributed by atoms with E-state index in [0.29, 0.717) is 24.4 Å². The van der Waals surface area contributed by atoms with Gasteiger partial charge in [0.15, 0.2) is 0 Å². The zero-order valence-electron chi connectivity index (χ0n) is 15.1. The number of anilines is 1. The topological polar surface area (TPSA) is 35.6 Å². The molecule has 1 N–H and O–H groups in total. The first-order chi connectivity index (χ1) is 12.8. The predicted molar refractivity (Wildman–Crippen MR) is 100 cm³/mol. The van der Waals surface area contributed by atoms with E-state index in [0.717, 1.165) is 31.9 Å². The van der Waals surface area contributed by atoms with E-state index < -0.39 is 12.1 Å². The summed E-state index contributed by atoms with van der Waals surface area (Å²) in [5.41, 5.74) is 1.12. The Hall–Kier alpha value is -1.47. The molecule has 4 nitrogen and oxygen atoms in total. The number of benzene rings is 1. The fourth-order valence-electron chi connectivity index (χ4n) is 3.86. The fraction of sp³-hybridized carbons (Fsp3) is 0.632. The second kappa shape index (κ2) is 8.69. The first kappa shape index (κ1) is 20.3.